The van der Waals surface area contributed by atoms with Crippen molar-refractivity contribution in [3.05, 3.63) is 51.0 Å². The second-order valence-corrected chi connectivity index (χ2v) is 5.90. The molecule has 0 saturated heterocycles. The summed E-state index contributed by atoms with van der Waals surface area (Å²) in [4.78, 5) is 12.5. The molecule has 0 aliphatic heterocycles. The maximum atomic E-state index is 12.5. The molecule has 0 heterocycles. The molecule has 1 amide bonds. The minimum Gasteiger partial charge on any atom is -0.493 e. The summed E-state index contributed by atoms with van der Waals surface area (Å²) in [6, 6.07) is 6.84. The van der Waals surface area contributed by atoms with E-state index in [1.807, 2.05) is 19.9 Å². The third-order valence-electron chi connectivity index (χ3n) is 3.37. The van der Waals surface area contributed by atoms with E-state index in [-0.39, 0.29) is 5.91 Å². The molecule has 23 heavy (non-hydrogen) atoms. The van der Waals surface area contributed by atoms with Crippen LogP contribution in [-0.2, 0) is 0 Å². The second-order valence-electron chi connectivity index (χ2n) is 5.09. The molecule has 122 valence electrons. The monoisotopic (exact) mass is 353 g/mol. The highest BCUT2D eigenvalue weighted by Gasteiger charge is 2.17. The fourth-order valence-corrected chi connectivity index (χ4v) is 2.96. The van der Waals surface area contributed by atoms with Crippen molar-refractivity contribution in [2.24, 2.45) is 0 Å². The number of methoxy groups -OCH3 is 2. The summed E-state index contributed by atoms with van der Waals surface area (Å²) >= 11 is 12.4. The fourth-order valence-electron chi connectivity index (χ4n) is 2.31. The topological polar surface area (TPSA) is 47.6 Å². The predicted octanol–water partition coefficient (Wildman–Crippen LogP) is 4.88. The normalized spacial score (nSPS) is 10.3. The number of ether oxygens (including phenoxy) is 2. The van der Waals surface area contributed by atoms with Crippen molar-refractivity contribution in [3.8, 4) is 11.5 Å². The van der Waals surface area contributed by atoms with E-state index in [1.54, 1.807) is 12.1 Å². The van der Waals surface area contributed by atoms with Gasteiger partial charge in [-0.3, -0.25) is 4.79 Å². The molecule has 0 aliphatic rings. The number of aryl methyl sites for hydroxylation is 2. The van der Waals surface area contributed by atoms with Crippen molar-refractivity contribution in [1.82, 2.24) is 0 Å². The Bertz CT molecular complexity index is 737. The molecule has 0 aliphatic carbocycles. The van der Waals surface area contributed by atoms with Crippen molar-refractivity contribution >= 4 is 34.8 Å². The summed E-state index contributed by atoms with van der Waals surface area (Å²) in [5, 5.41) is 3.60. The van der Waals surface area contributed by atoms with Crippen LogP contribution < -0.4 is 14.8 Å². The zero-order valence-corrected chi connectivity index (χ0v) is 14.8. The number of nitrogens with one attached hydrogen (secondary N) is 1. The first-order valence-corrected chi connectivity index (χ1v) is 7.62. The molecular weight excluding hydrogens is 337 g/mol. The molecule has 0 fully saturated rings. The van der Waals surface area contributed by atoms with Crippen molar-refractivity contribution in [2.45, 2.75) is 13.8 Å². The molecule has 0 spiro atoms. The third-order valence-corrected chi connectivity index (χ3v) is 3.94. The van der Waals surface area contributed by atoms with Gasteiger partial charge < -0.3 is 14.8 Å². The van der Waals surface area contributed by atoms with Gasteiger partial charge in [-0.2, -0.15) is 0 Å². The minimum atomic E-state index is -0.332. The van der Waals surface area contributed by atoms with Crippen LogP contribution in [0.4, 0.5) is 5.69 Å². The fraction of sp³-hybridized carbons (Fsp3) is 0.235. The number of rotatable bonds is 4. The number of halogens is 2. The zero-order chi connectivity index (χ0) is 17.1. The quantitative estimate of drug-likeness (QED) is 0.851. The smallest absolute Gasteiger partial charge is 0.255 e. The molecule has 0 radical (unpaired) electrons. The second kappa shape index (κ2) is 7.11. The Labute approximate surface area is 145 Å². The van der Waals surface area contributed by atoms with Crippen molar-refractivity contribution in [2.75, 3.05) is 19.5 Å². The van der Waals surface area contributed by atoms with Gasteiger partial charge in [0.15, 0.2) is 11.5 Å². The van der Waals surface area contributed by atoms with Gasteiger partial charge in [0.2, 0.25) is 0 Å². The highest BCUT2D eigenvalue weighted by molar-refractivity contribution is 6.34. The highest BCUT2D eigenvalue weighted by Crippen LogP contribution is 2.36. The van der Waals surface area contributed by atoms with Crippen LogP contribution in [0.1, 0.15) is 21.5 Å². The van der Waals surface area contributed by atoms with Gasteiger partial charge in [-0.25, -0.2) is 0 Å². The van der Waals surface area contributed by atoms with Crippen molar-refractivity contribution < 1.29 is 14.3 Å². The van der Waals surface area contributed by atoms with Crippen LogP contribution in [-0.4, -0.2) is 20.1 Å². The number of amides is 1. The number of carbonyl (C=O) groups is 1. The van der Waals surface area contributed by atoms with Gasteiger partial charge in [0.25, 0.3) is 5.91 Å². The summed E-state index contributed by atoms with van der Waals surface area (Å²) in [5.41, 5.74) is 2.84. The van der Waals surface area contributed by atoms with Gasteiger partial charge in [0.1, 0.15) is 0 Å². The van der Waals surface area contributed by atoms with Crippen LogP contribution in [0.2, 0.25) is 10.0 Å². The average molecular weight is 354 g/mol. The van der Waals surface area contributed by atoms with Gasteiger partial charge in [0, 0.05) is 5.56 Å². The van der Waals surface area contributed by atoms with E-state index in [1.165, 1.54) is 20.3 Å². The molecule has 0 unspecified atom stereocenters. The molecule has 2 aromatic carbocycles. The first kappa shape index (κ1) is 17.4. The molecule has 4 nitrogen and oxygen atoms in total. The van der Waals surface area contributed by atoms with E-state index >= 15 is 0 Å². The Balaban J connectivity index is 2.37. The Morgan fingerprint density at radius 3 is 2.26 bits per heavy atom. The first-order chi connectivity index (χ1) is 10.9. The SMILES string of the molecule is COc1cc(C(=O)Nc2c(C)cc(C)cc2Cl)cc(Cl)c1OC. The maximum absolute atomic E-state index is 12.5. The summed E-state index contributed by atoms with van der Waals surface area (Å²) in [6.07, 6.45) is 0. The van der Waals surface area contributed by atoms with Crippen LogP contribution >= 0.6 is 23.2 Å². The molecule has 1 N–H and O–H groups in total. The molecule has 0 saturated carbocycles. The lowest BCUT2D eigenvalue weighted by atomic mass is 10.1. The van der Waals surface area contributed by atoms with Gasteiger partial charge in [-0.15, -0.1) is 0 Å². The number of carbonyl (C=O) groups excluding carboxylic acids is 1. The lowest BCUT2D eigenvalue weighted by Gasteiger charge is -2.14. The Morgan fingerprint density at radius 1 is 1.00 bits per heavy atom. The Morgan fingerprint density at radius 2 is 1.70 bits per heavy atom. The number of anilines is 1. The van der Waals surface area contributed by atoms with E-state index in [9.17, 15) is 4.79 Å². The maximum Gasteiger partial charge on any atom is 0.255 e. The largest absolute Gasteiger partial charge is 0.493 e. The van der Waals surface area contributed by atoms with Crippen LogP contribution in [0.3, 0.4) is 0 Å². The van der Waals surface area contributed by atoms with E-state index < -0.39 is 0 Å². The van der Waals surface area contributed by atoms with E-state index in [0.29, 0.717) is 32.8 Å². The molecule has 2 aromatic rings. The number of benzene rings is 2. The summed E-state index contributed by atoms with van der Waals surface area (Å²) in [7, 11) is 2.97. The van der Waals surface area contributed by atoms with Crippen molar-refractivity contribution in [3.63, 3.8) is 0 Å². The van der Waals surface area contributed by atoms with Crippen molar-refractivity contribution in [1.29, 1.82) is 0 Å². The van der Waals surface area contributed by atoms with Crippen LogP contribution in [0.5, 0.6) is 11.5 Å². The zero-order valence-electron chi connectivity index (χ0n) is 13.3. The predicted molar refractivity (Wildman–Crippen MR) is 93.4 cm³/mol. The van der Waals surface area contributed by atoms with Crippen LogP contribution in [0.25, 0.3) is 0 Å². The van der Waals surface area contributed by atoms with E-state index in [4.69, 9.17) is 32.7 Å². The lowest BCUT2D eigenvalue weighted by Crippen LogP contribution is -2.13. The number of hydrogen-bond donors (Lipinski definition) is 1. The van der Waals surface area contributed by atoms with Crippen LogP contribution in [0, 0.1) is 13.8 Å². The highest BCUT2D eigenvalue weighted by atomic mass is 35.5. The molecule has 2 rings (SSSR count). The van der Waals surface area contributed by atoms with Gasteiger partial charge in [-0.05, 0) is 43.2 Å². The average Bonchev–Trinajstić information content (AvgIpc) is 2.49. The lowest BCUT2D eigenvalue weighted by molar-refractivity contribution is 0.102. The summed E-state index contributed by atoms with van der Waals surface area (Å²) < 4.78 is 10.4. The Kier molecular flexibility index (Phi) is 5.39. The van der Waals surface area contributed by atoms with Gasteiger partial charge >= 0.3 is 0 Å². The standard InChI is InChI=1S/C17H17Cl2NO3/c1-9-5-10(2)15(12(18)6-9)20-17(21)11-7-13(19)16(23-4)14(8-11)22-3/h5-8H,1-4H3,(H,20,21). The third kappa shape index (κ3) is 3.71. The summed E-state index contributed by atoms with van der Waals surface area (Å²) in [5.74, 6) is 0.439. The molecule has 0 aromatic heterocycles. The Hall–Kier alpha value is -1.91. The van der Waals surface area contributed by atoms with Gasteiger partial charge in [-0.1, -0.05) is 29.3 Å². The number of hydrogen-bond acceptors (Lipinski definition) is 3. The van der Waals surface area contributed by atoms with Crippen LogP contribution in [0.15, 0.2) is 24.3 Å². The summed E-state index contributed by atoms with van der Waals surface area (Å²) in [6.45, 7) is 3.83. The molecular formula is C17H17Cl2NO3. The van der Waals surface area contributed by atoms with E-state index in [0.717, 1.165) is 11.1 Å². The molecule has 6 heteroatoms. The first-order valence-electron chi connectivity index (χ1n) is 6.87. The van der Waals surface area contributed by atoms with E-state index in [2.05, 4.69) is 5.32 Å². The minimum absolute atomic E-state index is 0.295. The molecule has 0 bridgehead atoms. The molecule has 0 atom stereocenters. The van der Waals surface area contributed by atoms with Gasteiger partial charge in [0.05, 0.1) is 30.0 Å².